The first-order valence-corrected chi connectivity index (χ1v) is 13.3. The van der Waals surface area contributed by atoms with Crippen LogP contribution < -0.4 is 14.4 Å². The zero-order valence-corrected chi connectivity index (χ0v) is 20.9. The van der Waals surface area contributed by atoms with Gasteiger partial charge >= 0.3 is 0 Å². The highest BCUT2D eigenvalue weighted by molar-refractivity contribution is 7.92. The predicted octanol–water partition coefficient (Wildman–Crippen LogP) is 4.23. The fourth-order valence-electron chi connectivity index (χ4n) is 4.69. The number of aromatic nitrogens is 1. The lowest BCUT2D eigenvalue weighted by Gasteiger charge is -2.38. The van der Waals surface area contributed by atoms with E-state index in [-0.39, 0.29) is 51.9 Å². The molecule has 2 aromatic rings. The molecule has 1 amide bonds. The van der Waals surface area contributed by atoms with Crippen molar-refractivity contribution in [3.8, 4) is 5.88 Å². The average Bonchev–Trinajstić information content (AvgIpc) is 2.83. The Morgan fingerprint density at radius 1 is 1.32 bits per heavy atom. The molecule has 1 saturated carbocycles. The number of carbonyl (C=O) groups excluding carboxylic acids is 1. The van der Waals surface area contributed by atoms with Gasteiger partial charge in [0.2, 0.25) is 11.8 Å². The van der Waals surface area contributed by atoms with Crippen LogP contribution in [0.3, 0.4) is 0 Å². The summed E-state index contributed by atoms with van der Waals surface area (Å²) in [6.45, 7) is 3.62. The molecule has 2 heterocycles. The molecule has 8 nitrogen and oxygen atoms in total. The van der Waals surface area contributed by atoms with Crippen LogP contribution in [-0.2, 0) is 14.8 Å². The second-order valence-corrected chi connectivity index (χ2v) is 11.7. The molecule has 1 fully saturated rings. The van der Waals surface area contributed by atoms with Crippen LogP contribution in [0.5, 0.6) is 5.88 Å². The van der Waals surface area contributed by atoms with Gasteiger partial charge in [0.15, 0.2) is 0 Å². The van der Waals surface area contributed by atoms with Crippen LogP contribution >= 0.6 is 11.6 Å². The molecule has 0 unspecified atom stereocenters. The van der Waals surface area contributed by atoms with Crippen LogP contribution in [0.2, 0.25) is 5.02 Å². The molecule has 1 aromatic heterocycles. The summed E-state index contributed by atoms with van der Waals surface area (Å²) >= 11 is 6.03. The van der Waals surface area contributed by atoms with E-state index < -0.39 is 16.1 Å². The summed E-state index contributed by atoms with van der Waals surface area (Å²) in [5.41, 5.74) is 0.509. The number of aliphatic hydroxyl groups is 1. The standard InChI is InChI=1S/C24H30ClN3O5S/c1-16(24(2)9-4-3-5-10-24)22(30)27-18-12-21-23(26-13-18)33-19(15-29)14-28(21)34(31,32)20-8-6-7-17(25)11-20/h6-8,11-13,16,19,29H,3-5,9-10,14-15H2,1-2H3,(H,27,30)/t16-,19-/m1/s1. The Bertz CT molecular complexity index is 1170. The molecule has 1 aliphatic carbocycles. The number of sulfonamides is 1. The molecule has 0 saturated heterocycles. The fraction of sp³-hybridized carbons (Fsp3) is 0.500. The van der Waals surface area contributed by atoms with Gasteiger partial charge in [0.25, 0.3) is 10.0 Å². The van der Waals surface area contributed by atoms with Crippen LogP contribution in [0.1, 0.15) is 46.0 Å². The van der Waals surface area contributed by atoms with Gasteiger partial charge in [-0.3, -0.25) is 9.10 Å². The number of aliphatic hydroxyl groups excluding tert-OH is 1. The summed E-state index contributed by atoms with van der Waals surface area (Å²) in [6, 6.07) is 7.52. The minimum Gasteiger partial charge on any atom is -0.468 e. The zero-order chi connectivity index (χ0) is 24.5. The van der Waals surface area contributed by atoms with Crippen LogP contribution in [0, 0.1) is 11.3 Å². The van der Waals surface area contributed by atoms with E-state index in [9.17, 15) is 18.3 Å². The molecular formula is C24H30ClN3O5S. The van der Waals surface area contributed by atoms with Crippen LogP contribution in [0.25, 0.3) is 0 Å². The van der Waals surface area contributed by atoms with E-state index in [2.05, 4.69) is 17.2 Å². The molecule has 1 aliphatic heterocycles. The van der Waals surface area contributed by atoms with Crippen molar-refractivity contribution in [2.24, 2.45) is 11.3 Å². The third-order valence-corrected chi connectivity index (χ3v) is 9.05. The predicted molar refractivity (Wildman–Crippen MR) is 131 cm³/mol. The van der Waals surface area contributed by atoms with Gasteiger partial charge in [-0.15, -0.1) is 0 Å². The van der Waals surface area contributed by atoms with E-state index in [4.69, 9.17) is 16.3 Å². The molecule has 0 radical (unpaired) electrons. The monoisotopic (exact) mass is 507 g/mol. The number of ether oxygens (including phenoxy) is 1. The van der Waals surface area contributed by atoms with Crippen LogP contribution in [-0.4, -0.2) is 43.7 Å². The smallest absolute Gasteiger partial charge is 0.264 e. The van der Waals surface area contributed by atoms with Gasteiger partial charge in [-0.25, -0.2) is 13.4 Å². The van der Waals surface area contributed by atoms with E-state index in [1.54, 1.807) is 18.2 Å². The average molecular weight is 508 g/mol. The van der Waals surface area contributed by atoms with Gasteiger partial charge < -0.3 is 15.2 Å². The molecule has 0 spiro atoms. The van der Waals surface area contributed by atoms with Gasteiger partial charge in [0, 0.05) is 10.9 Å². The first kappa shape index (κ1) is 24.8. The highest BCUT2D eigenvalue weighted by atomic mass is 35.5. The first-order valence-electron chi connectivity index (χ1n) is 11.5. The van der Waals surface area contributed by atoms with E-state index in [1.807, 2.05) is 6.92 Å². The summed E-state index contributed by atoms with van der Waals surface area (Å²) < 4.78 is 33.8. The van der Waals surface area contributed by atoms with Crippen molar-refractivity contribution in [3.63, 3.8) is 0 Å². The molecule has 1 aromatic carbocycles. The molecule has 4 rings (SSSR count). The molecule has 10 heteroatoms. The number of anilines is 2. The lowest BCUT2D eigenvalue weighted by Crippen LogP contribution is -2.45. The summed E-state index contributed by atoms with van der Waals surface area (Å²) in [6.07, 6.45) is 6.11. The second kappa shape index (κ2) is 9.71. The molecule has 184 valence electrons. The van der Waals surface area contributed by atoms with Crippen LogP contribution in [0.15, 0.2) is 41.4 Å². The largest absolute Gasteiger partial charge is 0.468 e. The zero-order valence-electron chi connectivity index (χ0n) is 19.3. The van der Waals surface area contributed by atoms with E-state index in [1.165, 1.54) is 24.8 Å². The van der Waals surface area contributed by atoms with Gasteiger partial charge in [0.05, 0.1) is 29.9 Å². The van der Waals surface area contributed by atoms with Gasteiger partial charge in [0.1, 0.15) is 11.8 Å². The van der Waals surface area contributed by atoms with Gasteiger partial charge in [-0.05, 0) is 42.5 Å². The number of fused-ring (bicyclic) bond motifs is 1. The third kappa shape index (κ3) is 4.87. The summed E-state index contributed by atoms with van der Waals surface area (Å²) in [5, 5.41) is 12.8. The number of nitrogens with zero attached hydrogens (tertiary/aromatic N) is 2. The Morgan fingerprint density at radius 2 is 2.06 bits per heavy atom. The van der Waals surface area contributed by atoms with Crippen molar-refractivity contribution >= 4 is 38.9 Å². The maximum atomic E-state index is 13.5. The van der Waals surface area contributed by atoms with E-state index >= 15 is 0 Å². The Hall–Kier alpha value is -2.36. The molecule has 2 N–H and O–H groups in total. The van der Waals surface area contributed by atoms with E-state index in [0.717, 1.165) is 30.0 Å². The number of rotatable bonds is 6. The molecule has 34 heavy (non-hydrogen) atoms. The van der Waals surface area contributed by atoms with Crippen molar-refractivity contribution in [2.75, 3.05) is 22.8 Å². The normalized spacial score (nSPS) is 20.7. The molecule has 2 atom stereocenters. The Balaban J connectivity index is 1.64. The SMILES string of the molecule is C[C@H](C(=O)Nc1cnc2c(c1)N(S(=O)(=O)c1cccc(Cl)c1)C[C@H](CO)O2)C1(C)CCCCC1. The minimum absolute atomic E-state index is 0.0119. The maximum absolute atomic E-state index is 13.5. The van der Waals surface area contributed by atoms with Crippen molar-refractivity contribution in [1.82, 2.24) is 4.98 Å². The van der Waals surface area contributed by atoms with Gasteiger partial charge in [-0.1, -0.05) is 50.8 Å². The summed E-state index contributed by atoms with van der Waals surface area (Å²) in [7, 11) is -4.02. The number of amides is 1. The van der Waals surface area contributed by atoms with Crippen molar-refractivity contribution in [1.29, 1.82) is 0 Å². The number of carbonyl (C=O) groups is 1. The number of pyridine rings is 1. The summed E-state index contributed by atoms with van der Waals surface area (Å²) in [4.78, 5) is 17.3. The van der Waals surface area contributed by atoms with Gasteiger partial charge in [-0.2, -0.15) is 0 Å². The summed E-state index contributed by atoms with van der Waals surface area (Å²) in [5.74, 6) is -0.258. The number of hydrogen-bond donors (Lipinski definition) is 2. The lowest BCUT2D eigenvalue weighted by atomic mass is 9.67. The van der Waals surface area contributed by atoms with E-state index in [0.29, 0.717) is 5.69 Å². The third-order valence-electron chi connectivity index (χ3n) is 7.04. The van der Waals surface area contributed by atoms with Crippen molar-refractivity contribution in [2.45, 2.75) is 57.0 Å². The maximum Gasteiger partial charge on any atom is 0.264 e. The second-order valence-electron chi connectivity index (χ2n) is 9.39. The number of halogens is 1. The quantitative estimate of drug-likeness (QED) is 0.605. The van der Waals surface area contributed by atoms with Crippen molar-refractivity contribution < 1.29 is 23.1 Å². The number of nitrogens with one attached hydrogen (secondary N) is 1. The first-order chi connectivity index (χ1) is 16.1. The highest BCUT2D eigenvalue weighted by Gasteiger charge is 2.38. The molecular weight excluding hydrogens is 478 g/mol. The fourth-order valence-corrected chi connectivity index (χ4v) is 6.48. The Kier molecular flexibility index (Phi) is 7.07. The Labute approximate surface area is 205 Å². The van der Waals surface area contributed by atoms with Crippen LogP contribution in [0.4, 0.5) is 11.4 Å². The van der Waals surface area contributed by atoms with Crippen molar-refractivity contribution in [3.05, 3.63) is 41.6 Å². The number of benzene rings is 1. The topological polar surface area (TPSA) is 109 Å². The minimum atomic E-state index is -4.02. The Morgan fingerprint density at radius 3 is 2.74 bits per heavy atom. The molecule has 0 bridgehead atoms. The highest BCUT2D eigenvalue weighted by Crippen LogP contribution is 2.43. The molecule has 2 aliphatic rings. The number of hydrogen-bond acceptors (Lipinski definition) is 6. The lowest BCUT2D eigenvalue weighted by molar-refractivity contribution is -0.123.